The molecule has 0 saturated carbocycles. The fourth-order valence-corrected chi connectivity index (χ4v) is 2.44. The van der Waals surface area contributed by atoms with Gasteiger partial charge in [0.1, 0.15) is 5.82 Å². The summed E-state index contributed by atoms with van der Waals surface area (Å²) in [4.78, 5) is 0. The summed E-state index contributed by atoms with van der Waals surface area (Å²) >= 11 is 0. The van der Waals surface area contributed by atoms with E-state index in [1.807, 2.05) is 13.0 Å². The first kappa shape index (κ1) is 11.3. The van der Waals surface area contributed by atoms with Gasteiger partial charge in [-0.05, 0) is 62.0 Å². The quantitative estimate of drug-likeness (QED) is 0.805. The highest BCUT2D eigenvalue weighted by molar-refractivity contribution is 5.67. The van der Waals surface area contributed by atoms with Crippen LogP contribution in [0.4, 0.5) is 4.39 Å². The summed E-state index contributed by atoms with van der Waals surface area (Å²) in [5, 5.41) is 3.36. The SMILES string of the molecule is C/C=C(\c1cccc(F)c1)C1CCNCC1. The number of piperidine rings is 1. The Balaban J connectivity index is 2.22. The summed E-state index contributed by atoms with van der Waals surface area (Å²) in [5.74, 6) is 0.429. The van der Waals surface area contributed by atoms with Gasteiger partial charge in [0.05, 0.1) is 0 Å². The van der Waals surface area contributed by atoms with Crippen LogP contribution in [0.25, 0.3) is 5.57 Å². The maximum atomic E-state index is 13.2. The highest BCUT2D eigenvalue weighted by Crippen LogP contribution is 2.30. The zero-order valence-corrected chi connectivity index (χ0v) is 9.67. The highest BCUT2D eigenvalue weighted by atomic mass is 19.1. The van der Waals surface area contributed by atoms with E-state index < -0.39 is 0 Å². The molecule has 2 heteroatoms. The largest absolute Gasteiger partial charge is 0.317 e. The summed E-state index contributed by atoms with van der Waals surface area (Å²) in [6.07, 6.45) is 4.43. The first-order valence-corrected chi connectivity index (χ1v) is 5.94. The molecule has 1 aliphatic rings. The highest BCUT2D eigenvalue weighted by Gasteiger charge is 2.18. The predicted octanol–water partition coefficient (Wildman–Crippen LogP) is 3.23. The molecule has 1 aromatic rings. The molecule has 0 spiro atoms. The maximum Gasteiger partial charge on any atom is 0.123 e. The molecule has 0 atom stereocenters. The molecule has 1 nitrogen and oxygen atoms in total. The monoisotopic (exact) mass is 219 g/mol. The molecule has 86 valence electrons. The number of benzene rings is 1. The Bertz CT molecular complexity index is 378. The molecule has 1 aliphatic heterocycles. The van der Waals surface area contributed by atoms with Crippen LogP contribution in [-0.2, 0) is 0 Å². The molecule has 1 heterocycles. The number of hydrogen-bond donors (Lipinski definition) is 1. The Hall–Kier alpha value is -1.15. The van der Waals surface area contributed by atoms with Gasteiger partial charge >= 0.3 is 0 Å². The van der Waals surface area contributed by atoms with Crippen LogP contribution in [0.15, 0.2) is 30.3 Å². The van der Waals surface area contributed by atoms with E-state index in [1.54, 1.807) is 12.1 Å². The van der Waals surface area contributed by atoms with E-state index in [9.17, 15) is 4.39 Å². The standard InChI is InChI=1S/C14H18FN/c1-2-14(11-6-8-16-9-7-11)12-4-3-5-13(15)10-12/h2-5,10-11,16H,6-9H2,1H3/b14-2-. The normalized spacial score (nSPS) is 18.8. The van der Waals surface area contributed by atoms with E-state index in [-0.39, 0.29) is 5.82 Å². The molecule has 0 amide bonds. The lowest BCUT2D eigenvalue weighted by Gasteiger charge is -2.25. The van der Waals surface area contributed by atoms with Gasteiger partial charge in [0.25, 0.3) is 0 Å². The Morgan fingerprint density at radius 2 is 2.12 bits per heavy atom. The minimum atomic E-state index is -0.147. The zero-order chi connectivity index (χ0) is 11.4. The van der Waals surface area contributed by atoms with Gasteiger partial charge in [-0.15, -0.1) is 0 Å². The molecule has 1 aromatic carbocycles. The second kappa shape index (κ2) is 5.26. The number of rotatable bonds is 2. The molecule has 0 bridgehead atoms. The Morgan fingerprint density at radius 3 is 2.75 bits per heavy atom. The van der Waals surface area contributed by atoms with Crippen LogP contribution in [0.2, 0.25) is 0 Å². The summed E-state index contributed by atoms with van der Waals surface area (Å²) in [6.45, 7) is 4.18. The lowest BCUT2D eigenvalue weighted by molar-refractivity contribution is 0.446. The molecular weight excluding hydrogens is 201 g/mol. The Kier molecular flexibility index (Phi) is 3.73. The Morgan fingerprint density at radius 1 is 1.38 bits per heavy atom. The average Bonchev–Trinajstić information content (AvgIpc) is 2.31. The first-order chi connectivity index (χ1) is 7.81. The second-order valence-corrected chi connectivity index (χ2v) is 4.28. The molecule has 0 aliphatic carbocycles. The first-order valence-electron chi connectivity index (χ1n) is 5.94. The smallest absolute Gasteiger partial charge is 0.123 e. The lowest BCUT2D eigenvalue weighted by atomic mass is 9.85. The predicted molar refractivity (Wildman–Crippen MR) is 65.6 cm³/mol. The third-order valence-electron chi connectivity index (χ3n) is 3.25. The van der Waals surface area contributed by atoms with Gasteiger partial charge < -0.3 is 5.32 Å². The molecule has 16 heavy (non-hydrogen) atoms. The molecule has 1 fully saturated rings. The zero-order valence-electron chi connectivity index (χ0n) is 9.67. The summed E-state index contributed by atoms with van der Waals surface area (Å²) in [7, 11) is 0. The van der Waals surface area contributed by atoms with Crippen LogP contribution in [-0.4, -0.2) is 13.1 Å². The minimum Gasteiger partial charge on any atom is -0.317 e. The second-order valence-electron chi connectivity index (χ2n) is 4.28. The minimum absolute atomic E-state index is 0.147. The van der Waals surface area contributed by atoms with Gasteiger partial charge in [0, 0.05) is 0 Å². The third kappa shape index (κ3) is 2.50. The van der Waals surface area contributed by atoms with E-state index in [0.29, 0.717) is 5.92 Å². The van der Waals surface area contributed by atoms with Crippen molar-refractivity contribution in [1.82, 2.24) is 5.32 Å². The van der Waals surface area contributed by atoms with Crippen molar-refractivity contribution in [3.63, 3.8) is 0 Å². The van der Waals surface area contributed by atoms with Crippen molar-refractivity contribution in [3.05, 3.63) is 41.7 Å². The van der Waals surface area contributed by atoms with Gasteiger partial charge in [-0.1, -0.05) is 18.2 Å². The third-order valence-corrected chi connectivity index (χ3v) is 3.25. The fourth-order valence-electron chi connectivity index (χ4n) is 2.44. The van der Waals surface area contributed by atoms with E-state index in [0.717, 1.165) is 31.5 Å². The van der Waals surface area contributed by atoms with Crippen LogP contribution in [0, 0.1) is 11.7 Å². The summed E-state index contributed by atoms with van der Waals surface area (Å²) in [5.41, 5.74) is 2.33. The van der Waals surface area contributed by atoms with Crippen molar-refractivity contribution >= 4 is 5.57 Å². The number of hydrogen-bond acceptors (Lipinski definition) is 1. The van der Waals surface area contributed by atoms with E-state index >= 15 is 0 Å². The molecule has 0 aromatic heterocycles. The van der Waals surface area contributed by atoms with Crippen molar-refractivity contribution in [2.24, 2.45) is 5.92 Å². The van der Waals surface area contributed by atoms with Crippen molar-refractivity contribution in [1.29, 1.82) is 0 Å². The molecule has 2 rings (SSSR count). The van der Waals surface area contributed by atoms with Gasteiger partial charge in [0.15, 0.2) is 0 Å². The number of halogens is 1. The van der Waals surface area contributed by atoms with Gasteiger partial charge in [0.2, 0.25) is 0 Å². The summed E-state index contributed by atoms with van der Waals surface area (Å²) in [6, 6.07) is 6.92. The van der Waals surface area contributed by atoms with Gasteiger partial charge in [-0.2, -0.15) is 0 Å². The lowest BCUT2D eigenvalue weighted by Crippen LogP contribution is -2.28. The molecule has 0 unspecified atom stereocenters. The van der Waals surface area contributed by atoms with Crippen LogP contribution < -0.4 is 5.32 Å². The number of allylic oxidation sites excluding steroid dienone is 2. The van der Waals surface area contributed by atoms with Crippen molar-refractivity contribution < 1.29 is 4.39 Å². The van der Waals surface area contributed by atoms with Crippen LogP contribution >= 0.6 is 0 Å². The Labute approximate surface area is 96.4 Å². The van der Waals surface area contributed by atoms with Crippen molar-refractivity contribution in [2.75, 3.05) is 13.1 Å². The van der Waals surface area contributed by atoms with Gasteiger partial charge in [-0.3, -0.25) is 0 Å². The van der Waals surface area contributed by atoms with Crippen LogP contribution in [0.3, 0.4) is 0 Å². The van der Waals surface area contributed by atoms with Gasteiger partial charge in [-0.25, -0.2) is 4.39 Å². The summed E-state index contributed by atoms with van der Waals surface area (Å²) < 4.78 is 13.2. The topological polar surface area (TPSA) is 12.0 Å². The maximum absolute atomic E-state index is 13.2. The fraction of sp³-hybridized carbons (Fsp3) is 0.429. The van der Waals surface area contributed by atoms with Crippen molar-refractivity contribution in [2.45, 2.75) is 19.8 Å². The molecule has 1 saturated heterocycles. The molecular formula is C14H18FN. The average molecular weight is 219 g/mol. The van der Waals surface area contributed by atoms with Crippen LogP contribution in [0.1, 0.15) is 25.3 Å². The van der Waals surface area contributed by atoms with E-state index in [2.05, 4.69) is 11.4 Å². The molecule has 0 radical (unpaired) electrons. The number of nitrogens with one attached hydrogen (secondary N) is 1. The molecule has 1 N–H and O–H groups in total. The van der Waals surface area contributed by atoms with Crippen molar-refractivity contribution in [3.8, 4) is 0 Å². The van der Waals surface area contributed by atoms with E-state index in [4.69, 9.17) is 0 Å². The van der Waals surface area contributed by atoms with E-state index in [1.165, 1.54) is 11.6 Å². The van der Waals surface area contributed by atoms with Crippen LogP contribution in [0.5, 0.6) is 0 Å².